The van der Waals surface area contributed by atoms with Gasteiger partial charge in [-0.2, -0.15) is 0 Å². The third-order valence-electron chi connectivity index (χ3n) is 2.49. The molecule has 0 aromatic rings. The first-order valence-corrected chi connectivity index (χ1v) is 11.3. The van der Waals surface area contributed by atoms with Crippen molar-refractivity contribution >= 4 is 4.79 Å². The van der Waals surface area contributed by atoms with Gasteiger partial charge in [-0.3, -0.25) is 0 Å². The second kappa shape index (κ2) is 1.59. The zero-order valence-electron chi connectivity index (χ0n) is 9.23. The molecule has 0 spiro atoms. The second-order valence-electron chi connectivity index (χ2n) is 7.09. The van der Waals surface area contributed by atoms with Crippen LogP contribution in [0.3, 0.4) is 0 Å². The molecule has 1 aliphatic carbocycles. The van der Waals surface area contributed by atoms with Gasteiger partial charge in [0.2, 0.25) is 0 Å². The Morgan fingerprint density at radius 1 is 1.23 bits per heavy atom. The van der Waals surface area contributed by atoms with E-state index in [0.29, 0.717) is 0 Å². The fourth-order valence-corrected chi connectivity index (χ4v) is 4.06. The first kappa shape index (κ1) is 10.7. The average Bonchev–Trinajstić information content (AvgIpc) is 2.36. The second-order valence-corrected chi connectivity index (χ2v) is 26.1. The minimum atomic E-state index is -3.70. The molecule has 1 rings (SSSR count). The molecule has 0 fully saturated rings. The van der Waals surface area contributed by atoms with Crippen LogP contribution in [0.2, 0.25) is 29.1 Å². The van der Waals surface area contributed by atoms with Crippen molar-refractivity contribution in [1.29, 1.82) is 0 Å². The summed E-state index contributed by atoms with van der Waals surface area (Å²) < 4.78 is 1.26. The maximum atomic E-state index is 11.5. The van der Waals surface area contributed by atoms with E-state index in [0.717, 1.165) is 6.42 Å². The normalized spacial score (nSPS) is 25.0. The number of carbonyl (C=O) groups excluding carboxylic acids is 1. The van der Waals surface area contributed by atoms with Gasteiger partial charge in [-0.05, 0) is 0 Å². The summed E-state index contributed by atoms with van der Waals surface area (Å²) in [5, 5.41) is 0. The van der Waals surface area contributed by atoms with E-state index >= 15 is 0 Å². The predicted octanol–water partition coefficient (Wildman–Crippen LogP) is 3.90. The zero-order chi connectivity index (χ0) is 10.5. The molecule has 0 aromatic carbocycles. The third kappa shape index (κ3) is 1.76. The van der Waals surface area contributed by atoms with Crippen LogP contribution in [-0.2, 0) is 14.0 Å². The number of hydrogen-bond acceptors (Lipinski definition) is 1. The molecule has 0 atom stereocenters. The van der Waals surface area contributed by atoms with Crippen LogP contribution in [0.4, 0.5) is 0 Å². The summed E-state index contributed by atoms with van der Waals surface area (Å²) in [6.45, 7) is 0. The number of rotatable bonds is 1. The fraction of sp³-hybridized carbons (Fsp3) is 0.545. The van der Waals surface area contributed by atoms with E-state index in [1.807, 2.05) is 6.08 Å². The summed E-state index contributed by atoms with van der Waals surface area (Å²) in [6, 6.07) is 0. The van der Waals surface area contributed by atoms with Crippen LogP contribution in [0.1, 0.15) is 6.42 Å². The van der Waals surface area contributed by atoms with Crippen LogP contribution in [-0.4, -0.2) is 4.79 Å². The third-order valence-corrected chi connectivity index (χ3v) is 8.42. The molecule has 0 amide bonds. The van der Waals surface area contributed by atoms with E-state index in [-0.39, 0.29) is 0 Å². The Labute approximate surface area is 77.3 Å². The molecule has 2 heteroatoms. The Morgan fingerprint density at radius 3 is 2.08 bits per heavy atom. The summed E-state index contributed by atoms with van der Waals surface area (Å²) in [7, 11) is -3.70. The molecule has 0 aliphatic heterocycles. The van der Waals surface area contributed by atoms with Gasteiger partial charge in [0.25, 0.3) is 0 Å². The van der Waals surface area contributed by atoms with E-state index < -0.39 is 9.24 Å². The Hall–Kier alpha value is -0.421. The molecular weight excluding hydrogens is 203 g/mol. The van der Waals surface area contributed by atoms with E-state index in [1.54, 1.807) is 0 Å². The van der Waals surface area contributed by atoms with Crippen molar-refractivity contribution in [3.63, 3.8) is 0 Å². The summed E-state index contributed by atoms with van der Waals surface area (Å²) in [5.41, 5.74) is 0. The molecule has 0 saturated carbocycles. The molecule has 0 aromatic heterocycles. The van der Waals surface area contributed by atoms with Crippen molar-refractivity contribution in [2.45, 2.75) is 35.5 Å². The van der Waals surface area contributed by atoms with Crippen molar-refractivity contribution in [3.8, 4) is 0 Å². The molecule has 1 aliphatic rings. The summed E-state index contributed by atoms with van der Waals surface area (Å²) in [5.74, 6) is 10.5. The van der Waals surface area contributed by atoms with Gasteiger partial charge in [0, 0.05) is 0 Å². The van der Waals surface area contributed by atoms with Crippen molar-refractivity contribution in [2.24, 2.45) is 0 Å². The van der Waals surface area contributed by atoms with E-state index in [4.69, 9.17) is 0 Å². The molecule has 13 heavy (non-hydrogen) atoms. The van der Waals surface area contributed by atoms with E-state index in [9.17, 15) is 4.79 Å². The Kier molecular flexibility index (Phi) is 1.30. The molecule has 0 bridgehead atoms. The zero-order valence-corrected chi connectivity index (χ0v) is 10.4. The summed E-state index contributed by atoms with van der Waals surface area (Å²) >= 11 is 0. The van der Waals surface area contributed by atoms with E-state index in [1.165, 1.54) is 4.47 Å². The number of allylic oxidation sites excluding steroid dienone is 4. The SMILES string of the molecule is [CH3][Mn]([CH3])([CH3])([CH3])([CH3])(=[C]=O)[C]1=CC=CC1. The topological polar surface area (TPSA) is 17.1 Å². The van der Waals surface area contributed by atoms with Crippen LogP contribution in [0.5, 0.6) is 0 Å². The first-order chi connectivity index (χ1) is 5.40. The molecule has 0 N–H and O–H groups in total. The van der Waals surface area contributed by atoms with Gasteiger partial charge in [0.15, 0.2) is 0 Å². The molecule has 1 nitrogen and oxygen atoms in total. The van der Waals surface area contributed by atoms with Crippen molar-refractivity contribution in [1.82, 2.24) is 0 Å². The van der Waals surface area contributed by atoms with Gasteiger partial charge in [-0.25, -0.2) is 0 Å². The fourth-order valence-electron chi connectivity index (χ4n) is 1.24. The van der Waals surface area contributed by atoms with Crippen molar-refractivity contribution < 1.29 is 14.0 Å². The van der Waals surface area contributed by atoms with Crippen LogP contribution in [0, 0.1) is 0 Å². The number of hydrogen-bond donors (Lipinski definition) is 0. The minimum absolute atomic E-state index is 0.906. The van der Waals surface area contributed by atoms with Crippen LogP contribution in [0.25, 0.3) is 0 Å². The van der Waals surface area contributed by atoms with Crippen molar-refractivity contribution in [3.05, 3.63) is 22.7 Å². The van der Waals surface area contributed by atoms with Crippen LogP contribution >= 0.6 is 0 Å². The molecular formula is C11H20MnO. The van der Waals surface area contributed by atoms with Crippen LogP contribution < -0.4 is 0 Å². The van der Waals surface area contributed by atoms with Crippen LogP contribution in [0.15, 0.2) is 22.7 Å². The summed E-state index contributed by atoms with van der Waals surface area (Å²) in [4.78, 5) is 13.9. The molecule has 0 heterocycles. The monoisotopic (exact) mass is 223 g/mol. The van der Waals surface area contributed by atoms with Gasteiger partial charge in [0.1, 0.15) is 0 Å². The predicted molar refractivity (Wildman–Crippen MR) is 56.9 cm³/mol. The van der Waals surface area contributed by atoms with Gasteiger partial charge in [-0.1, -0.05) is 0 Å². The molecule has 0 unspecified atom stereocenters. The van der Waals surface area contributed by atoms with E-state index in [2.05, 4.69) is 46.0 Å². The maximum absolute atomic E-state index is 11.5. The summed E-state index contributed by atoms with van der Waals surface area (Å²) in [6.07, 6.45) is 7.13. The standard InChI is InChI=1S/C5H5.CO.5CH3.Mn/c1-2-4-5-3-1;1-2;;;;;;/h1-3H,4H2;;5*1H3;. The molecule has 77 valence electrons. The molecule has 0 radical (unpaired) electrons. The quantitative estimate of drug-likeness (QED) is 0.616. The van der Waals surface area contributed by atoms with Gasteiger partial charge < -0.3 is 0 Å². The van der Waals surface area contributed by atoms with Crippen molar-refractivity contribution in [2.75, 3.05) is 0 Å². The molecule has 0 saturated heterocycles. The van der Waals surface area contributed by atoms with Gasteiger partial charge in [-0.15, -0.1) is 0 Å². The Bertz CT molecular complexity index is 434. The van der Waals surface area contributed by atoms with Gasteiger partial charge >= 0.3 is 77.1 Å². The first-order valence-electron chi connectivity index (χ1n) is 4.19. The average molecular weight is 223 g/mol. The van der Waals surface area contributed by atoms with Gasteiger partial charge in [0.05, 0.1) is 0 Å². The Balaban J connectivity index is 3.75. The Morgan fingerprint density at radius 2 is 1.77 bits per heavy atom.